The van der Waals surface area contributed by atoms with Gasteiger partial charge in [-0.1, -0.05) is 42.3 Å². The normalized spacial score (nSPS) is 19.0. The molecule has 138 valence electrons. The lowest BCUT2D eigenvalue weighted by Gasteiger charge is -2.41. The number of hydrogen-bond donors (Lipinski definition) is 1. The van der Waals surface area contributed by atoms with E-state index in [1.54, 1.807) is 48.5 Å². The van der Waals surface area contributed by atoms with E-state index in [0.717, 1.165) is 19.3 Å². The van der Waals surface area contributed by atoms with E-state index in [-0.39, 0.29) is 11.6 Å². The molecule has 1 aliphatic heterocycles. The molecule has 0 unspecified atom stereocenters. The van der Waals surface area contributed by atoms with Gasteiger partial charge in [0.2, 0.25) is 17.2 Å². The summed E-state index contributed by atoms with van der Waals surface area (Å²) in [5, 5.41) is 3.30. The van der Waals surface area contributed by atoms with E-state index in [9.17, 15) is 14.4 Å². The summed E-state index contributed by atoms with van der Waals surface area (Å²) in [7, 11) is 0. The van der Waals surface area contributed by atoms with Gasteiger partial charge in [0.1, 0.15) is 0 Å². The molecule has 0 spiro atoms. The fourth-order valence-electron chi connectivity index (χ4n) is 3.92. The third-order valence-corrected chi connectivity index (χ3v) is 5.56. The van der Waals surface area contributed by atoms with Crippen LogP contribution in [-0.4, -0.2) is 41.1 Å². The van der Waals surface area contributed by atoms with Gasteiger partial charge in [-0.05, 0) is 37.1 Å². The molecule has 27 heavy (non-hydrogen) atoms. The van der Waals surface area contributed by atoms with Crippen molar-refractivity contribution in [3.63, 3.8) is 0 Å². The number of likely N-dealkylation sites (tertiary alicyclic amines) is 1. The molecule has 0 saturated carbocycles. The summed E-state index contributed by atoms with van der Waals surface area (Å²) in [4.78, 5) is 41.4. The van der Waals surface area contributed by atoms with Gasteiger partial charge in [0.25, 0.3) is 5.91 Å². The number of rotatable bonds is 3. The molecule has 1 aliphatic carbocycles. The maximum absolute atomic E-state index is 13.4. The van der Waals surface area contributed by atoms with Gasteiger partial charge in [-0.3, -0.25) is 19.3 Å². The summed E-state index contributed by atoms with van der Waals surface area (Å²) in [5.41, 5.74) is -0.581. The molecular formula is C21H19ClN2O3. The van der Waals surface area contributed by atoms with Gasteiger partial charge >= 0.3 is 0 Å². The highest BCUT2D eigenvalue weighted by Gasteiger charge is 2.58. The van der Waals surface area contributed by atoms with Crippen LogP contribution in [0.5, 0.6) is 0 Å². The molecule has 2 aromatic rings. The molecule has 1 saturated heterocycles. The molecule has 1 N–H and O–H groups in total. The van der Waals surface area contributed by atoms with E-state index in [2.05, 4.69) is 5.32 Å². The zero-order valence-electron chi connectivity index (χ0n) is 14.7. The maximum atomic E-state index is 13.4. The first-order valence-corrected chi connectivity index (χ1v) is 9.43. The molecular weight excluding hydrogens is 364 g/mol. The summed E-state index contributed by atoms with van der Waals surface area (Å²) in [5.74, 6) is -1.17. The van der Waals surface area contributed by atoms with Crippen LogP contribution in [0.4, 0.5) is 0 Å². The van der Waals surface area contributed by atoms with Gasteiger partial charge in [-0.15, -0.1) is 0 Å². The third kappa shape index (κ3) is 2.87. The van der Waals surface area contributed by atoms with Crippen molar-refractivity contribution in [1.29, 1.82) is 0 Å². The highest BCUT2D eigenvalue weighted by molar-refractivity contribution is 6.34. The molecule has 1 amide bonds. The van der Waals surface area contributed by atoms with Crippen LogP contribution in [0.15, 0.2) is 48.5 Å². The van der Waals surface area contributed by atoms with E-state index in [1.807, 2.05) is 4.90 Å². The monoisotopic (exact) mass is 382 g/mol. The molecule has 1 heterocycles. The van der Waals surface area contributed by atoms with Crippen molar-refractivity contribution in [2.24, 2.45) is 0 Å². The Bertz CT molecular complexity index is 882. The van der Waals surface area contributed by atoms with E-state index in [4.69, 9.17) is 11.6 Å². The first kappa shape index (κ1) is 17.9. The number of fused-ring (bicyclic) bond motifs is 1. The van der Waals surface area contributed by atoms with Crippen molar-refractivity contribution in [2.75, 3.05) is 13.1 Å². The Morgan fingerprint density at radius 1 is 0.889 bits per heavy atom. The summed E-state index contributed by atoms with van der Waals surface area (Å²) in [6, 6.07) is 13.1. The number of nitrogens with zero attached hydrogens (tertiary/aromatic N) is 1. The number of Topliss-reactive ketones (excluding diaryl/α,β-unsaturated/α-hetero) is 2. The Hall–Kier alpha value is -2.50. The zero-order chi connectivity index (χ0) is 19.0. The fourth-order valence-corrected chi connectivity index (χ4v) is 4.04. The van der Waals surface area contributed by atoms with Crippen molar-refractivity contribution in [1.82, 2.24) is 10.2 Å². The lowest BCUT2D eigenvalue weighted by Crippen LogP contribution is -2.68. The van der Waals surface area contributed by atoms with Crippen molar-refractivity contribution in [3.05, 3.63) is 70.2 Å². The SMILES string of the molecule is O=C(NC1(N2CCCCC2)C(=O)c2ccccc2C1=O)c1ccc(Cl)cc1. The number of piperidine rings is 1. The molecule has 4 rings (SSSR count). The third-order valence-electron chi connectivity index (χ3n) is 5.30. The summed E-state index contributed by atoms with van der Waals surface area (Å²) in [6.07, 6.45) is 2.82. The van der Waals surface area contributed by atoms with Gasteiger partial charge in [-0.2, -0.15) is 0 Å². The van der Waals surface area contributed by atoms with Crippen LogP contribution >= 0.6 is 11.6 Å². The molecule has 2 aromatic carbocycles. The Balaban J connectivity index is 1.76. The van der Waals surface area contributed by atoms with Gasteiger partial charge in [0.05, 0.1) is 0 Å². The van der Waals surface area contributed by atoms with Crippen LogP contribution in [0.2, 0.25) is 5.02 Å². The maximum Gasteiger partial charge on any atom is 0.253 e. The van der Waals surface area contributed by atoms with Gasteiger partial charge < -0.3 is 5.32 Å². The van der Waals surface area contributed by atoms with Crippen LogP contribution in [0, 0.1) is 0 Å². The summed E-state index contributed by atoms with van der Waals surface area (Å²) in [6.45, 7) is 1.18. The van der Waals surface area contributed by atoms with Crippen molar-refractivity contribution >= 4 is 29.1 Å². The lowest BCUT2D eigenvalue weighted by molar-refractivity contribution is 0.0304. The highest BCUT2D eigenvalue weighted by Crippen LogP contribution is 2.35. The van der Waals surface area contributed by atoms with Gasteiger partial charge in [-0.25, -0.2) is 0 Å². The largest absolute Gasteiger partial charge is 0.320 e. The van der Waals surface area contributed by atoms with Crippen LogP contribution in [0.1, 0.15) is 50.3 Å². The number of benzene rings is 2. The minimum Gasteiger partial charge on any atom is -0.320 e. The molecule has 1 fully saturated rings. The number of carbonyl (C=O) groups is 3. The molecule has 0 aromatic heterocycles. The Morgan fingerprint density at radius 2 is 1.44 bits per heavy atom. The van der Waals surface area contributed by atoms with E-state index < -0.39 is 11.6 Å². The minimum atomic E-state index is -1.67. The van der Waals surface area contributed by atoms with Crippen LogP contribution in [0.25, 0.3) is 0 Å². The van der Waals surface area contributed by atoms with Crippen molar-refractivity contribution in [2.45, 2.75) is 24.9 Å². The van der Waals surface area contributed by atoms with Crippen LogP contribution in [-0.2, 0) is 0 Å². The van der Waals surface area contributed by atoms with Crippen LogP contribution < -0.4 is 5.32 Å². The Morgan fingerprint density at radius 3 is 2.00 bits per heavy atom. The van der Waals surface area contributed by atoms with Crippen LogP contribution in [0.3, 0.4) is 0 Å². The predicted molar refractivity (Wildman–Crippen MR) is 102 cm³/mol. The first-order valence-electron chi connectivity index (χ1n) is 9.06. The number of carbonyl (C=O) groups excluding carboxylic acids is 3. The topological polar surface area (TPSA) is 66.5 Å². The summed E-state index contributed by atoms with van der Waals surface area (Å²) < 4.78 is 0. The molecule has 0 bridgehead atoms. The van der Waals surface area contributed by atoms with Gasteiger partial charge in [0.15, 0.2) is 0 Å². The number of halogens is 1. The Kier molecular flexibility index (Phi) is 4.58. The van der Waals surface area contributed by atoms with Gasteiger partial charge in [0, 0.05) is 34.8 Å². The molecule has 0 radical (unpaired) electrons. The fraction of sp³-hybridized carbons (Fsp3) is 0.286. The second kappa shape index (κ2) is 6.91. The smallest absolute Gasteiger partial charge is 0.253 e. The second-order valence-electron chi connectivity index (χ2n) is 6.92. The average molecular weight is 383 g/mol. The number of amides is 1. The number of hydrogen-bond acceptors (Lipinski definition) is 4. The minimum absolute atomic E-state index is 0.354. The first-order chi connectivity index (χ1) is 13.0. The van der Waals surface area contributed by atoms with Crippen molar-refractivity contribution in [3.8, 4) is 0 Å². The predicted octanol–water partition coefficient (Wildman–Crippen LogP) is 3.33. The average Bonchev–Trinajstić information content (AvgIpc) is 2.92. The second-order valence-corrected chi connectivity index (χ2v) is 7.36. The molecule has 6 heteroatoms. The number of nitrogens with one attached hydrogen (secondary N) is 1. The van der Waals surface area contributed by atoms with E-state index in [0.29, 0.717) is 34.8 Å². The van der Waals surface area contributed by atoms with Crippen molar-refractivity contribution < 1.29 is 14.4 Å². The highest BCUT2D eigenvalue weighted by atomic mass is 35.5. The number of ketones is 2. The molecule has 0 atom stereocenters. The van der Waals surface area contributed by atoms with E-state index in [1.165, 1.54) is 0 Å². The standard InChI is InChI=1S/C21H19ClN2O3/c22-15-10-8-14(9-11-15)20(27)23-21(24-12-4-1-5-13-24)18(25)16-6-2-3-7-17(16)19(21)26/h2-3,6-11H,1,4-5,12-13H2,(H,23,27). The zero-order valence-corrected chi connectivity index (χ0v) is 15.5. The quantitative estimate of drug-likeness (QED) is 0.827. The summed E-state index contributed by atoms with van der Waals surface area (Å²) >= 11 is 5.89. The molecule has 5 nitrogen and oxygen atoms in total. The molecule has 2 aliphatic rings. The Labute approximate surface area is 162 Å². The van der Waals surface area contributed by atoms with E-state index >= 15 is 0 Å². The lowest BCUT2D eigenvalue weighted by atomic mass is 9.97.